The molecule has 0 fully saturated rings. The molecule has 2 heteroatoms. The van der Waals surface area contributed by atoms with Gasteiger partial charge in [0.2, 0.25) is 0 Å². The summed E-state index contributed by atoms with van der Waals surface area (Å²) in [5.41, 5.74) is 2.06. The summed E-state index contributed by atoms with van der Waals surface area (Å²) in [6.45, 7) is 4.06. The highest BCUT2D eigenvalue weighted by atomic mass is 35.5. The molecular weight excluding hydrogens is 184 g/mol. The van der Waals surface area contributed by atoms with Crippen LogP contribution in [0.4, 0.5) is 0 Å². The van der Waals surface area contributed by atoms with Crippen LogP contribution in [0.1, 0.15) is 39.5 Å². The van der Waals surface area contributed by atoms with E-state index < -0.39 is 0 Å². The second-order valence-corrected chi connectivity index (χ2v) is 4.10. The highest BCUT2D eigenvalue weighted by Gasteiger charge is 2.17. The number of hydrogen-bond donors (Lipinski definition) is 0. The summed E-state index contributed by atoms with van der Waals surface area (Å²) in [6.07, 6.45) is 5.22. The minimum atomic E-state index is 0.230. The molecule has 1 aliphatic carbocycles. The van der Waals surface area contributed by atoms with Crippen LogP contribution in [0, 0.1) is 0 Å². The maximum absolute atomic E-state index is 11.4. The van der Waals surface area contributed by atoms with Crippen molar-refractivity contribution >= 4 is 17.4 Å². The SMILES string of the molecule is CC(C)=CCC1=C(Cl)CCCC1=O. The van der Waals surface area contributed by atoms with Crippen molar-refractivity contribution < 1.29 is 4.79 Å². The van der Waals surface area contributed by atoms with Crippen LogP contribution in [0.25, 0.3) is 0 Å². The minimum absolute atomic E-state index is 0.230. The first-order valence-electron chi connectivity index (χ1n) is 4.65. The van der Waals surface area contributed by atoms with Gasteiger partial charge in [0, 0.05) is 17.0 Å². The van der Waals surface area contributed by atoms with E-state index in [-0.39, 0.29) is 5.78 Å². The van der Waals surface area contributed by atoms with Crippen molar-refractivity contribution in [3.8, 4) is 0 Å². The zero-order chi connectivity index (χ0) is 9.84. The molecule has 0 aromatic heterocycles. The van der Waals surface area contributed by atoms with Gasteiger partial charge < -0.3 is 0 Å². The van der Waals surface area contributed by atoms with E-state index in [2.05, 4.69) is 6.08 Å². The van der Waals surface area contributed by atoms with Gasteiger partial charge in [0.25, 0.3) is 0 Å². The van der Waals surface area contributed by atoms with Crippen molar-refractivity contribution in [2.75, 3.05) is 0 Å². The van der Waals surface area contributed by atoms with Crippen molar-refractivity contribution in [1.82, 2.24) is 0 Å². The Balaban J connectivity index is 2.75. The average Bonchev–Trinajstić information content (AvgIpc) is 2.03. The van der Waals surface area contributed by atoms with E-state index in [4.69, 9.17) is 11.6 Å². The Kier molecular flexibility index (Phi) is 3.73. The van der Waals surface area contributed by atoms with Crippen molar-refractivity contribution in [2.24, 2.45) is 0 Å². The molecule has 0 heterocycles. The van der Waals surface area contributed by atoms with E-state index in [1.54, 1.807) is 0 Å². The van der Waals surface area contributed by atoms with Gasteiger partial charge in [-0.05, 0) is 33.1 Å². The van der Waals surface area contributed by atoms with E-state index in [0.717, 1.165) is 23.4 Å². The van der Waals surface area contributed by atoms with Gasteiger partial charge in [-0.3, -0.25) is 4.79 Å². The van der Waals surface area contributed by atoms with Crippen LogP contribution >= 0.6 is 11.6 Å². The molecule has 0 spiro atoms. The van der Waals surface area contributed by atoms with Crippen molar-refractivity contribution in [2.45, 2.75) is 39.5 Å². The van der Waals surface area contributed by atoms with Gasteiger partial charge in [0.15, 0.2) is 5.78 Å². The zero-order valence-corrected chi connectivity index (χ0v) is 8.95. The van der Waals surface area contributed by atoms with Gasteiger partial charge in [-0.25, -0.2) is 0 Å². The molecule has 0 atom stereocenters. The summed E-state index contributed by atoms with van der Waals surface area (Å²) >= 11 is 5.99. The molecule has 0 aromatic rings. The molecule has 0 N–H and O–H groups in total. The molecule has 13 heavy (non-hydrogen) atoms. The number of allylic oxidation sites excluding steroid dienone is 4. The second-order valence-electron chi connectivity index (χ2n) is 3.65. The lowest BCUT2D eigenvalue weighted by molar-refractivity contribution is -0.116. The standard InChI is InChI=1S/C11H15ClO/c1-8(2)6-7-9-10(12)4-3-5-11(9)13/h6H,3-5,7H2,1-2H3. The van der Waals surface area contributed by atoms with Crippen LogP contribution in [0.5, 0.6) is 0 Å². The molecule has 0 bridgehead atoms. The molecule has 1 aliphatic rings. The fraction of sp³-hybridized carbons (Fsp3) is 0.545. The molecule has 0 radical (unpaired) electrons. The lowest BCUT2D eigenvalue weighted by atomic mass is 9.95. The third-order valence-electron chi connectivity index (χ3n) is 2.18. The smallest absolute Gasteiger partial charge is 0.160 e. The van der Waals surface area contributed by atoms with E-state index in [1.807, 2.05) is 13.8 Å². The predicted molar refractivity (Wildman–Crippen MR) is 55.8 cm³/mol. The predicted octanol–water partition coefficient (Wildman–Crippen LogP) is 3.59. The molecular formula is C11H15ClO. The summed E-state index contributed by atoms with van der Waals surface area (Å²) in [5.74, 6) is 0.230. The number of ketones is 1. The minimum Gasteiger partial charge on any atom is -0.294 e. The quantitative estimate of drug-likeness (QED) is 0.620. The van der Waals surface area contributed by atoms with Gasteiger partial charge in [0.1, 0.15) is 0 Å². The van der Waals surface area contributed by atoms with E-state index >= 15 is 0 Å². The average molecular weight is 199 g/mol. The first-order chi connectivity index (χ1) is 6.11. The molecule has 72 valence electrons. The Bertz CT molecular complexity index is 270. The van der Waals surface area contributed by atoms with Crippen LogP contribution in [-0.2, 0) is 4.79 Å². The molecule has 1 rings (SSSR count). The maximum atomic E-state index is 11.4. The van der Waals surface area contributed by atoms with Gasteiger partial charge >= 0.3 is 0 Å². The molecule has 0 aliphatic heterocycles. The Morgan fingerprint density at radius 1 is 1.46 bits per heavy atom. The maximum Gasteiger partial charge on any atom is 0.160 e. The molecule has 0 unspecified atom stereocenters. The lowest BCUT2D eigenvalue weighted by Gasteiger charge is -2.13. The van der Waals surface area contributed by atoms with Gasteiger partial charge in [-0.2, -0.15) is 0 Å². The van der Waals surface area contributed by atoms with Crippen LogP contribution in [-0.4, -0.2) is 5.78 Å². The van der Waals surface area contributed by atoms with E-state index in [0.29, 0.717) is 12.8 Å². The number of Topliss-reactive ketones (excluding diaryl/α,β-unsaturated/α-hetero) is 1. The Morgan fingerprint density at radius 2 is 2.15 bits per heavy atom. The molecule has 0 saturated carbocycles. The molecule has 0 saturated heterocycles. The first kappa shape index (κ1) is 10.5. The van der Waals surface area contributed by atoms with Crippen molar-refractivity contribution in [3.63, 3.8) is 0 Å². The number of halogens is 1. The van der Waals surface area contributed by atoms with Crippen molar-refractivity contribution in [1.29, 1.82) is 0 Å². The second kappa shape index (κ2) is 4.61. The highest BCUT2D eigenvalue weighted by molar-refractivity contribution is 6.32. The first-order valence-corrected chi connectivity index (χ1v) is 5.03. The van der Waals surface area contributed by atoms with Gasteiger partial charge in [0.05, 0.1) is 0 Å². The highest BCUT2D eigenvalue weighted by Crippen LogP contribution is 2.27. The van der Waals surface area contributed by atoms with Crippen LogP contribution in [0.15, 0.2) is 22.3 Å². The van der Waals surface area contributed by atoms with E-state index in [9.17, 15) is 4.79 Å². The zero-order valence-electron chi connectivity index (χ0n) is 8.19. The summed E-state index contributed by atoms with van der Waals surface area (Å²) in [6, 6.07) is 0. The largest absolute Gasteiger partial charge is 0.294 e. The monoisotopic (exact) mass is 198 g/mol. The summed E-state index contributed by atoms with van der Waals surface area (Å²) < 4.78 is 0. The molecule has 0 amide bonds. The number of rotatable bonds is 2. The Morgan fingerprint density at radius 3 is 2.69 bits per heavy atom. The third kappa shape index (κ3) is 3.00. The Labute approximate surface area is 84.5 Å². The Hall–Kier alpha value is -0.560. The summed E-state index contributed by atoms with van der Waals surface area (Å²) in [4.78, 5) is 11.4. The fourth-order valence-electron chi connectivity index (χ4n) is 1.39. The van der Waals surface area contributed by atoms with Crippen molar-refractivity contribution in [3.05, 3.63) is 22.3 Å². The van der Waals surface area contributed by atoms with Crippen LogP contribution < -0.4 is 0 Å². The number of carbonyl (C=O) groups is 1. The lowest BCUT2D eigenvalue weighted by Crippen LogP contribution is -2.08. The molecule has 0 aromatic carbocycles. The van der Waals surface area contributed by atoms with Gasteiger partial charge in [-0.15, -0.1) is 0 Å². The van der Waals surface area contributed by atoms with Gasteiger partial charge in [-0.1, -0.05) is 23.3 Å². The fourth-order valence-corrected chi connectivity index (χ4v) is 1.70. The molecule has 1 nitrogen and oxygen atoms in total. The number of hydrogen-bond acceptors (Lipinski definition) is 1. The van der Waals surface area contributed by atoms with Crippen LogP contribution in [0.2, 0.25) is 0 Å². The third-order valence-corrected chi connectivity index (χ3v) is 2.60. The van der Waals surface area contributed by atoms with Crippen LogP contribution in [0.3, 0.4) is 0 Å². The summed E-state index contributed by atoms with van der Waals surface area (Å²) in [5, 5.41) is 0.772. The van der Waals surface area contributed by atoms with E-state index in [1.165, 1.54) is 5.57 Å². The number of carbonyl (C=O) groups excluding carboxylic acids is 1. The normalized spacial score (nSPS) is 17.6. The summed E-state index contributed by atoms with van der Waals surface area (Å²) in [7, 11) is 0. The topological polar surface area (TPSA) is 17.1 Å².